The second-order valence-corrected chi connectivity index (χ2v) is 6.48. The van der Waals surface area contributed by atoms with Crippen LogP contribution in [0.2, 0.25) is 10.0 Å². The number of aryl methyl sites for hydroxylation is 1. The third-order valence-electron chi connectivity index (χ3n) is 3.65. The summed E-state index contributed by atoms with van der Waals surface area (Å²) in [6, 6.07) is 4.97. The number of aromatic nitrogens is 2. The smallest absolute Gasteiger partial charge is 0.325 e. The largest absolute Gasteiger partial charge is 0.492 e. The fraction of sp³-hybridized carbons (Fsp3) is 0.353. The Hall–Kier alpha value is -2.25. The summed E-state index contributed by atoms with van der Waals surface area (Å²) >= 11 is 11.8. The summed E-state index contributed by atoms with van der Waals surface area (Å²) in [7, 11) is 0. The molecule has 140 valence electrons. The SMILES string of the molecule is Cc1[nH]c(=O)[nH]c(=O)c1CCC(=O)NCCCOc1ccc(Cl)cc1Cl. The maximum absolute atomic E-state index is 11.9. The van der Waals surface area contributed by atoms with Crippen LogP contribution in [-0.4, -0.2) is 29.0 Å². The molecule has 0 aliphatic carbocycles. The number of ether oxygens (including phenoxy) is 1. The molecule has 0 unspecified atom stereocenters. The van der Waals surface area contributed by atoms with Gasteiger partial charge in [-0.15, -0.1) is 0 Å². The van der Waals surface area contributed by atoms with Gasteiger partial charge in [-0.05, 0) is 38.0 Å². The van der Waals surface area contributed by atoms with E-state index in [0.717, 1.165) is 0 Å². The predicted molar refractivity (Wildman–Crippen MR) is 100 cm³/mol. The zero-order valence-corrected chi connectivity index (χ0v) is 15.7. The molecule has 9 heteroatoms. The normalized spacial score (nSPS) is 10.6. The summed E-state index contributed by atoms with van der Waals surface area (Å²) in [4.78, 5) is 39.4. The molecular formula is C17H19Cl2N3O4. The van der Waals surface area contributed by atoms with Crippen LogP contribution in [-0.2, 0) is 11.2 Å². The molecule has 0 aliphatic heterocycles. The number of nitrogens with one attached hydrogen (secondary N) is 3. The van der Waals surface area contributed by atoms with Gasteiger partial charge in [0, 0.05) is 29.2 Å². The zero-order valence-electron chi connectivity index (χ0n) is 14.2. The van der Waals surface area contributed by atoms with E-state index in [9.17, 15) is 14.4 Å². The molecule has 26 heavy (non-hydrogen) atoms. The maximum atomic E-state index is 11.9. The molecule has 1 heterocycles. The van der Waals surface area contributed by atoms with E-state index in [0.29, 0.717) is 46.6 Å². The zero-order chi connectivity index (χ0) is 19.1. The van der Waals surface area contributed by atoms with E-state index >= 15 is 0 Å². The van der Waals surface area contributed by atoms with Gasteiger partial charge in [0.25, 0.3) is 5.56 Å². The molecule has 2 aromatic rings. The summed E-state index contributed by atoms with van der Waals surface area (Å²) < 4.78 is 5.52. The lowest BCUT2D eigenvalue weighted by atomic mass is 10.1. The van der Waals surface area contributed by atoms with Gasteiger partial charge in [0.15, 0.2) is 0 Å². The van der Waals surface area contributed by atoms with Crippen molar-refractivity contribution in [1.82, 2.24) is 15.3 Å². The summed E-state index contributed by atoms with van der Waals surface area (Å²) in [5.41, 5.74) is -0.144. The van der Waals surface area contributed by atoms with Gasteiger partial charge < -0.3 is 15.0 Å². The second kappa shape index (κ2) is 9.45. The highest BCUT2D eigenvalue weighted by molar-refractivity contribution is 6.35. The highest BCUT2D eigenvalue weighted by Crippen LogP contribution is 2.27. The first-order chi connectivity index (χ1) is 12.4. The molecule has 0 fully saturated rings. The van der Waals surface area contributed by atoms with Gasteiger partial charge >= 0.3 is 5.69 Å². The number of hydrogen-bond acceptors (Lipinski definition) is 4. The van der Waals surface area contributed by atoms with Gasteiger partial charge in [0.1, 0.15) is 5.75 Å². The molecule has 0 bridgehead atoms. The molecule has 0 saturated carbocycles. The number of H-pyrrole nitrogens is 2. The highest BCUT2D eigenvalue weighted by atomic mass is 35.5. The van der Waals surface area contributed by atoms with Crippen molar-refractivity contribution >= 4 is 29.1 Å². The number of benzene rings is 1. The van der Waals surface area contributed by atoms with Crippen molar-refractivity contribution < 1.29 is 9.53 Å². The van der Waals surface area contributed by atoms with Gasteiger partial charge in [0.2, 0.25) is 5.91 Å². The van der Waals surface area contributed by atoms with Crippen molar-refractivity contribution in [2.75, 3.05) is 13.2 Å². The number of aromatic amines is 2. The monoisotopic (exact) mass is 399 g/mol. The Morgan fingerprint density at radius 3 is 2.69 bits per heavy atom. The van der Waals surface area contributed by atoms with E-state index in [1.807, 2.05) is 0 Å². The molecule has 0 atom stereocenters. The van der Waals surface area contributed by atoms with E-state index in [2.05, 4.69) is 15.3 Å². The number of rotatable bonds is 8. The Morgan fingerprint density at radius 2 is 2.00 bits per heavy atom. The predicted octanol–water partition coefficient (Wildman–Crippen LogP) is 2.20. The molecule has 1 amide bonds. The molecule has 3 N–H and O–H groups in total. The van der Waals surface area contributed by atoms with Crippen molar-refractivity contribution in [1.29, 1.82) is 0 Å². The average molecular weight is 400 g/mol. The number of halogens is 2. The minimum absolute atomic E-state index is 0.153. The highest BCUT2D eigenvalue weighted by Gasteiger charge is 2.09. The molecule has 0 saturated heterocycles. The molecule has 0 spiro atoms. The summed E-state index contributed by atoms with van der Waals surface area (Å²) in [5, 5.41) is 3.72. The molecule has 1 aromatic carbocycles. The summed E-state index contributed by atoms with van der Waals surface area (Å²) in [6.07, 6.45) is 1.00. The summed E-state index contributed by atoms with van der Waals surface area (Å²) in [6.45, 7) is 2.45. The first-order valence-corrected chi connectivity index (χ1v) is 8.79. The molecule has 0 aliphatic rings. The fourth-order valence-electron chi connectivity index (χ4n) is 2.33. The molecule has 1 aromatic heterocycles. The van der Waals surface area contributed by atoms with E-state index in [-0.39, 0.29) is 18.7 Å². The second-order valence-electron chi connectivity index (χ2n) is 5.64. The lowest BCUT2D eigenvalue weighted by Gasteiger charge is -2.09. The van der Waals surface area contributed by atoms with Crippen LogP contribution in [0.1, 0.15) is 24.1 Å². The van der Waals surface area contributed by atoms with Gasteiger partial charge in [-0.3, -0.25) is 14.6 Å². The van der Waals surface area contributed by atoms with Crippen molar-refractivity contribution in [3.8, 4) is 5.75 Å². The van der Waals surface area contributed by atoms with Crippen molar-refractivity contribution in [3.63, 3.8) is 0 Å². The Kier molecular flexibility index (Phi) is 7.29. The number of carbonyl (C=O) groups is 1. The van der Waals surface area contributed by atoms with Crippen LogP contribution in [0.25, 0.3) is 0 Å². The Labute approximate surface area is 159 Å². The van der Waals surface area contributed by atoms with Crippen molar-refractivity contribution in [3.05, 3.63) is 60.3 Å². The average Bonchev–Trinajstić information content (AvgIpc) is 2.55. The lowest BCUT2D eigenvalue weighted by molar-refractivity contribution is -0.121. The van der Waals surface area contributed by atoms with Gasteiger partial charge in [-0.25, -0.2) is 4.79 Å². The minimum Gasteiger partial charge on any atom is -0.492 e. The van der Waals surface area contributed by atoms with Gasteiger partial charge in [-0.1, -0.05) is 23.2 Å². The maximum Gasteiger partial charge on any atom is 0.325 e. The Bertz CT molecular complexity index is 892. The van der Waals surface area contributed by atoms with E-state index in [4.69, 9.17) is 27.9 Å². The standard InChI is InChI=1S/C17H19Cl2N3O4/c1-10-12(16(24)22-17(25)21-10)4-6-15(23)20-7-2-8-26-14-5-3-11(18)9-13(14)19/h3,5,9H,2,4,6-8H2,1H3,(H,20,23)(H2,21,22,24,25). The lowest BCUT2D eigenvalue weighted by Crippen LogP contribution is -2.29. The number of carbonyl (C=O) groups excluding carboxylic acids is 1. The Balaban J connectivity index is 1.69. The van der Waals surface area contributed by atoms with Crippen LogP contribution in [0.3, 0.4) is 0 Å². The molecule has 7 nitrogen and oxygen atoms in total. The van der Waals surface area contributed by atoms with Gasteiger partial charge in [-0.2, -0.15) is 0 Å². The van der Waals surface area contributed by atoms with E-state index < -0.39 is 11.2 Å². The van der Waals surface area contributed by atoms with Crippen molar-refractivity contribution in [2.24, 2.45) is 0 Å². The quantitative estimate of drug-likeness (QED) is 0.591. The summed E-state index contributed by atoms with van der Waals surface area (Å²) in [5.74, 6) is 0.356. The van der Waals surface area contributed by atoms with E-state index in [1.54, 1.807) is 25.1 Å². The molecule has 2 rings (SSSR count). The Morgan fingerprint density at radius 1 is 1.23 bits per heavy atom. The van der Waals surface area contributed by atoms with Crippen LogP contribution in [0.4, 0.5) is 0 Å². The van der Waals surface area contributed by atoms with Crippen LogP contribution in [0.15, 0.2) is 27.8 Å². The van der Waals surface area contributed by atoms with E-state index in [1.165, 1.54) is 0 Å². The van der Waals surface area contributed by atoms with Crippen LogP contribution >= 0.6 is 23.2 Å². The first-order valence-electron chi connectivity index (χ1n) is 8.03. The number of hydrogen-bond donors (Lipinski definition) is 3. The van der Waals surface area contributed by atoms with Crippen molar-refractivity contribution in [2.45, 2.75) is 26.2 Å². The van der Waals surface area contributed by atoms with Gasteiger partial charge in [0.05, 0.1) is 11.6 Å². The minimum atomic E-state index is -0.554. The number of amides is 1. The topological polar surface area (TPSA) is 104 Å². The third-order valence-corrected chi connectivity index (χ3v) is 4.18. The van der Waals surface area contributed by atoms with Crippen LogP contribution in [0, 0.1) is 6.92 Å². The molecule has 0 radical (unpaired) electrons. The first kappa shape index (κ1) is 20.1. The van der Waals surface area contributed by atoms with Crippen LogP contribution < -0.4 is 21.3 Å². The third kappa shape index (κ3) is 5.93. The fourth-order valence-corrected chi connectivity index (χ4v) is 2.79. The van der Waals surface area contributed by atoms with Crippen LogP contribution in [0.5, 0.6) is 5.75 Å². The molecular weight excluding hydrogens is 381 g/mol.